The molecule has 0 bridgehead atoms. The fourth-order valence-electron chi connectivity index (χ4n) is 5.72. The van der Waals surface area contributed by atoms with Crippen molar-refractivity contribution in [1.29, 1.82) is 5.41 Å². The molecule has 0 saturated heterocycles. The number of nitrogen functional groups attached to an aromatic ring is 1. The summed E-state index contributed by atoms with van der Waals surface area (Å²) in [6.45, 7) is 0.0845. The van der Waals surface area contributed by atoms with Gasteiger partial charge in [0, 0.05) is 30.0 Å². The molecule has 5 atom stereocenters. The van der Waals surface area contributed by atoms with E-state index in [2.05, 4.69) is 57.2 Å². The Balaban J connectivity index is 1.66. The number of carbonyl (C=O) groups is 9. The molecular formula is C37H48N14O14S2. The van der Waals surface area contributed by atoms with Gasteiger partial charge in [-0.05, 0) is 49.8 Å². The monoisotopic (exact) mass is 976 g/mol. The number of carbonyl (C=O) groups excluding carboxylic acids is 5. The van der Waals surface area contributed by atoms with E-state index in [1.165, 1.54) is 41.3 Å². The van der Waals surface area contributed by atoms with E-state index < -0.39 is 121 Å². The second-order valence-corrected chi connectivity index (χ2v) is 16.7. The van der Waals surface area contributed by atoms with E-state index >= 15 is 0 Å². The van der Waals surface area contributed by atoms with Crippen LogP contribution in [-0.2, 0) is 44.9 Å². The Morgan fingerprint density at radius 3 is 1.94 bits per heavy atom. The number of nitrogens with zero attached hydrogens (tertiary/aromatic N) is 3. The summed E-state index contributed by atoms with van der Waals surface area (Å²) in [4.78, 5) is 140. The van der Waals surface area contributed by atoms with Crippen LogP contribution in [0.1, 0.15) is 54.6 Å². The molecule has 30 heteroatoms. The first-order valence-corrected chi connectivity index (χ1v) is 22.4. The van der Waals surface area contributed by atoms with Gasteiger partial charge in [-0.2, -0.15) is 4.98 Å². The highest BCUT2D eigenvalue weighted by atomic mass is 33.1. The molecule has 0 aliphatic carbocycles. The van der Waals surface area contributed by atoms with Gasteiger partial charge >= 0.3 is 23.9 Å². The zero-order chi connectivity index (χ0) is 49.8. The molecule has 0 unspecified atom stereocenters. The van der Waals surface area contributed by atoms with Crippen molar-refractivity contribution < 1.29 is 63.6 Å². The molecule has 0 spiro atoms. The quantitative estimate of drug-likeness (QED) is 0.0150. The first-order chi connectivity index (χ1) is 31.7. The standard InChI is InChI=1S/C37H48N14O14S2/c1-66-67-15-23(35(64)65)49-32(60)22(12-26(55)56)48-30(58)19(3-2-10-41-36(38)39)46-31(59)21(11-25(53)54)45-24(52)9-8-20(34(62)63)47-29(57)16-4-6-17(7-5-16)42-13-18-14-43-28-27(44-18)33(61)51-37(40)50-28/h4-7,14,19-23,42H,2-3,8-13,15H2,1H3,(H,45,52)(H,46,59)(H,47,57)(H,48,58)(H,49,60)(H,53,54)(H,55,56)(H,62,63)(H,64,65)(H4,38,39,41)(H3,40,43,50,51,61)/t19-,20-,21-,22-,23-/m0/s1. The molecule has 67 heavy (non-hydrogen) atoms. The highest BCUT2D eigenvalue weighted by molar-refractivity contribution is 8.76. The minimum atomic E-state index is -1.88. The van der Waals surface area contributed by atoms with E-state index in [4.69, 9.17) is 16.9 Å². The number of rotatable bonds is 28. The predicted molar refractivity (Wildman–Crippen MR) is 239 cm³/mol. The van der Waals surface area contributed by atoms with E-state index in [0.717, 1.165) is 10.8 Å². The van der Waals surface area contributed by atoms with Gasteiger partial charge < -0.3 is 69.1 Å². The minimum Gasteiger partial charge on any atom is -0.481 e. The van der Waals surface area contributed by atoms with Crippen LogP contribution in [0.5, 0.6) is 0 Å². The third-order valence-electron chi connectivity index (χ3n) is 9.00. The van der Waals surface area contributed by atoms with Crippen LogP contribution in [-0.4, -0.2) is 148 Å². The fourth-order valence-corrected chi connectivity index (χ4v) is 7.04. The molecule has 3 aromatic rings. The second-order valence-electron chi connectivity index (χ2n) is 14.1. The van der Waals surface area contributed by atoms with Crippen molar-refractivity contribution in [2.75, 3.05) is 29.6 Å². The van der Waals surface area contributed by atoms with Gasteiger partial charge in [-0.25, -0.2) is 19.6 Å². The second kappa shape index (κ2) is 26.3. The molecule has 0 radical (unpaired) electrons. The lowest BCUT2D eigenvalue weighted by Crippen LogP contribution is -2.58. The highest BCUT2D eigenvalue weighted by Crippen LogP contribution is 2.18. The molecule has 0 fully saturated rings. The van der Waals surface area contributed by atoms with E-state index in [0.29, 0.717) is 11.4 Å². The molecule has 0 aliphatic rings. The number of carboxylic acids is 4. The number of aromatic amines is 1. The number of fused-ring (bicyclic) bond motifs is 1. The molecule has 0 saturated carbocycles. The molecule has 362 valence electrons. The van der Waals surface area contributed by atoms with Crippen LogP contribution in [0, 0.1) is 5.41 Å². The van der Waals surface area contributed by atoms with Gasteiger partial charge in [0.1, 0.15) is 30.2 Å². The number of benzene rings is 1. The van der Waals surface area contributed by atoms with Crippen LogP contribution < -0.4 is 54.2 Å². The normalized spacial score (nSPS) is 13.0. The highest BCUT2D eigenvalue weighted by Gasteiger charge is 2.33. The van der Waals surface area contributed by atoms with Gasteiger partial charge in [0.05, 0.1) is 31.3 Å². The number of carboxylic acid groups (broad SMARTS) is 4. The van der Waals surface area contributed by atoms with Crippen LogP contribution >= 0.6 is 21.6 Å². The van der Waals surface area contributed by atoms with Crippen molar-refractivity contribution in [1.82, 2.24) is 51.8 Å². The van der Waals surface area contributed by atoms with Gasteiger partial charge in [-0.15, -0.1) is 0 Å². The summed E-state index contributed by atoms with van der Waals surface area (Å²) in [5, 5.41) is 62.2. The number of H-pyrrole nitrogens is 1. The van der Waals surface area contributed by atoms with Crippen molar-refractivity contribution >= 4 is 104 Å². The molecule has 28 nitrogen and oxygen atoms in total. The third-order valence-corrected chi connectivity index (χ3v) is 10.8. The van der Waals surface area contributed by atoms with E-state index in [9.17, 15) is 68.4 Å². The Kier molecular flexibility index (Phi) is 21.0. The number of nitrogens with two attached hydrogens (primary N) is 2. The number of nitrogens with one attached hydrogen (secondary N) is 9. The molecule has 17 N–H and O–H groups in total. The van der Waals surface area contributed by atoms with E-state index in [1.54, 1.807) is 6.26 Å². The fraction of sp³-hybridized carbons (Fsp3) is 0.405. The first kappa shape index (κ1) is 53.6. The Bertz CT molecular complexity index is 2390. The van der Waals surface area contributed by atoms with Crippen LogP contribution in [0.3, 0.4) is 0 Å². The molecule has 3 rings (SSSR count). The van der Waals surface area contributed by atoms with Crippen molar-refractivity contribution in [3.05, 3.63) is 52.1 Å². The summed E-state index contributed by atoms with van der Waals surface area (Å²) in [6.07, 6.45) is -0.497. The lowest BCUT2D eigenvalue weighted by molar-refractivity contribution is -0.143. The predicted octanol–water partition coefficient (Wildman–Crippen LogP) is -2.88. The van der Waals surface area contributed by atoms with E-state index in [-0.39, 0.29) is 54.4 Å². The van der Waals surface area contributed by atoms with Crippen molar-refractivity contribution in [3.8, 4) is 0 Å². The Labute approximate surface area is 386 Å². The molecule has 2 aromatic heterocycles. The topological polar surface area (TPSA) is 466 Å². The Hall–Kier alpha value is -7.76. The zero-order valence-electron chi connectivity index (χ0n) is 35.3. The number of anilines is 2. The maximum absolute atomic E-state index is 13.5. The Morgan fingerprint density at radius 2 is 1.36 bits per heavy atom. The number of guanidine groups is 1. The Morgan fingerprint density at radius 1 is 0.776 bits per heavy atom. The summed E-state index contributed by atoms with van der Waals surface area (Å²) in [5.41, 5.74) is 11.2. The first-order valence-electron chi connectivity index (χ1n) is 19.7. The maximum atomic E-state index is 13.5. The zero-order valence-corrected chi connectivity index (χ0v) is 37.0. The smallest absolute Gasteiger partial charge is 0.327 e. The summed E-state index contributed by atoms with van der Waals surface area (Å²) in [6, 6.07) is -2.74. The summed E-state index contributed by atoms with van der Waals surface area (Å²) in [5.74, 6) is -12.2. The van der Waals surface area contributed by atoms with Crippen molar-refractivity contribution in [2.45, 2.75) is 75.3 Å². The number of aliphatic carboxylic acids is 4. The average Bonchev–Trinajstić information content (AvgIpc) is 3.25. The molecule has 0 aliphatic heterocycles. The average molecular weight is 977 g/mol. The number of aromatic nitrogens is 4. The van der Waals surface area contributed by atoms with Crippen LogP contribution in [0.15, 0.2) is 35.3 Å². The van der Waals surface area contributed by atoms with Gasteiger partial charge in [0.25, 0.3) is 11.5 Å². The van der Waals surface area contributed by atoms with Crippen LogP contribution in [0.25, 0.3) is 11.2 Å². The lowest BCUT2D eigenvalue weighted by Gasteiger charge is -2.25. The minimum absolute atomic E-state index is 0.000921. The van der Waals surface area contributed by atoms with Crippen molar-refractivity contribution in [3.63, 3.8) is 0 Å². The molecule has 1 aromatic carbocycles. The van der Waals surface area contributed by atoms with Gasteiger partial charge in [-0.1, -0.05) is 21.6 Å². The third kappa shape index (κ3) is 18.3. The number of amides is 5. The number of hydrogen-bond acceptors (Lipinski definition) is 18. The van der Waals surface area contributed by atoms with Gasteiger partial charge in [0.2, 0.25) is 29.6 Å². The maximum Gasteiger partial charge on any atom is 0.327 e. The molecule has 2 heterocycles. The van der Waals surface area contributed by atoms with Crippen LogP contribution in [0.2, 0.25) is 0 Å². The summed E-state index contributed by atoms with van der Waals surface area (Å²) in [7, 11) is 2.28. The van der Waals surface area contributed by atoms with Gasteiger partial charge in [0.15, 0.2) is 17.1 Å². The molecule has 5 amide bonds. The largest absolute Gasteiger partial charge is 0.481 e. The van der Waals surface area contributed by atoms with Crippen LogP contribution in [0.4, 0.5) is 11.6 Å². The lowest BCUT2D eigenvalue weighted by atomic mass is 10.1. The number of hydrogen-bond donors (Lipinski definition) is 15. The van der Waals surface area contributed by atoms with E-state index in [1.807, 2.05) is 0 Å². The summed E-state index contributed by atoms with van der Waals surface area (Å²) < 4.78 is 0. The molecular weight excluding hydrogens is 929 g/mol. The van der Waals surface area contributed by atoms with Crippen molar-refractivity contribution in [2.24, 2.45) is 5.73 Å². The SMILES string of the molecule is CSSC[C@H](NC(=O)[C@H](CC(=O)O)NC(=O)[C@H](CCCNC(=N)N)NC(=O)[C@H](CC(=O)O)NC(=O)CC[C@H](NC(=O)c1ccc(NCc2cnc3nc(N)[nH]c(=O)c3n2)cc1)C(=O)O)C(=O)O. The summed E-state index contributed by atoms with van der Waals surface area (Å²) >= 11 is 0. The van der Waals surface area contributed by atoms with Gasteiger partial charge in [-0.3, -0.25) is 48.7 Å².